The molecule has 0 unspecified atom stereocenters. The van der Waals surface area contributed by atoms with E-state index in [4.69, 9.17) is 0 Å². The molecule has 1 heterocycles. The zero-order chi connectivity index (χ0) is 20.9. The normalized spacial score (nSPS) is 14.9. The van der Waals surface area contributed by atoms with Gasteiger partial charge >= 0.3 is 0 Å². The molecule has 0 atom stereocenters. The Hall–Kier alpha value is -3.04. The van der Waals surface area contributed by atoms with Crippen molar-refractivity contribution < 1.29 is 18.1 Å². The number of carbonyl (C=O) groups is 1. The topological polar surface area (TPSA) is 110 Å². The fraction of sp³-hybridized carbons (Fsp3) is 0.250. The zero-order valence-electron chi connectivity index (χ0n) is 15.7. The number of rotatable bonds is 7. The summed E-state index contributed by atoms with van der Waals surface area (Å²) in [5.41, 5.74) is 1.44. The summed E-state index contributed by atoms with van der Waals surface area (Å²) in [5.74, 6) is -0.322. The maximum absolute atomic E-state index is 12.5. The number of amides is 1. The third-order valence-electron chi connectivity index (χ3n) is 4.62. The summed E-state index contributed by atoms with van der Waals surface area (Å²) >= 11 is 0. The summed E-state index contributed by atoms with van der Waals surface area (Å²) in [6, 6.07) is 12.3. The maximum Gasteiger partial charge on any atom is 0.269 e. The molecule has 1 aliphatic heterocycles. The number of carbonyl (C=O) groups excluding carboxylic acids is 1. The van der Waals surface area contributed by atoms with Crippen LogP contribution in [0.4, 0.5) is 5.69 Å². The predicted molar refractivity (Wildman–Crippen MR) is 108 cm³/mol. The van der Waals surface area contributed by atoms with Gasteiger partial charge in [0.15, 0.2) is 0 Å². The molecule has 1 saturated heterocycles. The second kappa shape index (κ2) is 8.97. The number of hydrogen-bond donors (Lipinski definition) is 1. The van der Waals surface area contributed by atoms with Crippen LogP contribution in [0, 0.1) is 10.1 Å². The number of benzene rings is 2. The molecular formula is C20H21N3O5S. The van der Waals surface area contributed by atoms with Gasteiger partial charge in [0.05, 0.1) is 9.82 Å². The van der Waals surface area contributed by atoms with Gasteiger partial charge in [-0.3, -0.25) is 14.9 Å². The lowest BCUT2D eigenvalue weighted by Crippen LogP contribution is -2.27. The Morgan fingerprint density at radius 2 is 1.69 bits per heavy atom. The maximum atomic E-state index is 12.5. The van der Waals surface area contributed by atoms with Crippen molar-refractivity contribution in [3.05, 3.63) is 75.8 Å². The van der Waals surface area contributed by atoms with Gasteiger partial charge in [-0.05, 0) is 54.3 Å². The summed E-state index contributed by atoms with van der Waals surface area (Å²) in [5, 5.41) is 13.3. The van der Waals surface area contributed by atoms with E-state index in [1.807, 2.05) is 0 Å². The quantitative estimate of drug-likeness (QED) is 0.425. The Morgan fingerprint density at radius 1 is 1.07 bits per heavy atom. The van der Waals surface area contributed by atoms with Crippen molar-refractivity contribution >= 4 is 27.7 Å². The Kier molecular flexibility index (Phi) is 6.40. The van der Waals surface area contributed by atoms with Crippen LogP contribution in [-0.2, 0) is 21.4 Å². The molecule has 2 aromatic rings. The largest absolute Gasteiger partial charge is 0.348 e. The molecular weight excluding hydrogens is 394 g/mol. The highest BCUT2D eigenvalue weighted by Gasteiger charge is 2.26. The minimum absolute atomic E-state index is 0.0122. The Balaban J connectivity index is 1.54. The number of nitrogens with zero attached hydrogens (tertiary/aromatic N) is 2. The van der Waals surface area contributed by atoms with Gasteiger partial charge in [0, 0.05) is 37.8 Å². The molecule has 0 bridgehead atoms. The number of nitro groups is 1. The molecule has 0 spiro atoms. The predicted octanol–water partition coefficient (Wildman–Crippen LogP) is 2.71. The van der Waals surface area contributed by atoms with Gasteiger partial charge in [-0.2, -0.15) is 4.31 Å². The molecule has 1 N–H and O–H groups in total. The van der Waals surface area contributed by atoms with Crippen molar-refractivity contribution in [2.75, 3.05) is 13.1 Å². The van der Waals surface area contributed by atoms with Crippen molar-refractivity contribution in [1.82, 2.24) is 9.62 Å². The Bertz CT molecular complexity index is 1010. The first kappa shape index (κ1) is 20.7. The minimum atomic E-state index is -3.44. The third-order valence-corrected chi connectivity index (χ3v) is 6.54. The van der Waals surface area contributed by atoms with Crippen molar-refractivity contribution in [2.24, 2.45) is 0 Å². The summed E-state index contributed by atoms with van der Waals surface area (Å²) in [4.78, 5) is 22.4. The smallest absolute Gasteiger partial charge is 0.269 e. The average Bonchev–Trinajstić information content (AvgIpc) is 3.27. The highest BCUT2D eigenvalue weighted by Crippen LogP contribution is 2.21. The van der Waals surface area contributed by atoms with Crippen LogP contribution in [0.1, 0.15) is 24.0 Å². The Morgan fingerprint density at radius 3 is 2.28 bits per heavy atom. The molecule has 0 saturated carbocycles. The molecule has 1 fully saturated rings. The second-order valence-corrected chi connectivity index (χ2v) is 8.59. The molecule has 0 radical (unpaired) electrons. The molecule has 1 aliphatic rings. The first-order chi connectivity index (χ1) is 13.9. The van der Waals surface area contributed by atoms with E-state index in [1.54, 1.807) is 42.5 Å². The molecule has 9 heteroatoms. The Labute approximate surface area is 169 Å². The van der Waals surface area contributed by atoms with Crippen LogP contribution in [0.5, 0.6) is 0 Å². The number of non-ortho nitro benzene ring substituents is 1. The van der Waals surface area contributed by atoms with Crippen molar-refractivity contribution in [3.63, 3.8) is 0 Å². The van der Waals surface area contributed by atoms with E-state index in [0.29, 0.717) is 18.7 Å². The fourth-order valence-electron chi connectivity index (χ4n) is 2.98. The van der Waals surface area contributed by atoms with Gasteiger partial charge in [-0.1, -0.05) is 12.1 Å². The molecule has 152 valence electrons. The third kappa shape index (κ3) is 5.27. The van der Waals surface area contributed by atoms with Crippen LogP contribution < -0.4 is 5.32 Å². The molecule has 8 nitrogen and oxygen atoms in total. The first-order valence-electron chi connectivity index (χ1n) is 9.16. The molecule has 0 aliphatic carbocycles. The molecule has 3 rings (SSSR count). The van der Waals surface area contributed by atoms with Gasteiger partial charge in [-0.25, -0.2) is 8.42 Å². The summed E-state index contributed by atoms with van der Waals surface area (Å²) < 4.78 is 26.5. The lowest BCUT2D eigenvalue weighted by atomic mass is 10.2. The summed E-state index contributed by atoms with van der Waals surface area (Å²) in [6.07, 6.45) is 4.67. The van der Waals surface area contributed by atoms with Gasteiger partial charge in [0.1, 0.15) is 0 Å². The van der Waals surface area contributed by atoms with Crippen molar-refractivity contribution in [1.29, 1.82) is 0 Å². The zero-order valence-corrected chi connectivity index (χ0v) is 16.5. The van der Waals surface area contributed by atoms with Crippen LogP contribution in [0.3, 0.4) is 0 Å². The monoisotopic (exact) mass is 415 g/mol. The van der Waals surface area contributed by atoms with E-state index in [2.05, 4.69) is 5.32 Å². The number of sulfonamides is 1. The summed E-state index contributed by atoms with van der Waals surface area (Å²) in [7, 11) is -3.44. The highest BCUT2D eigenvalue weighted by molar-refractivity contribution is 7.89. The van der Waals surface area contributed by atoms with Crippen molar-refractivity contribution in [2.45, 2.75) is 24.3 Å². The van der Waals surface area contributed by atoms with E-state index in [1.165, 1.54) is 22.5 Å². The van der Waals surface area contributed by atoms with E-state index >= 15 is 0 Å². The van der Waals surface area contributed by atoms with Crippen LogP contribution >= 0.6 is 0 Å². The number of hydrogen-bond acceptors (Lipinski definition) is 5. The second-order valence-electron chi connectivity index (χ2n) is 6.65. The highest BCUT2D eigenvalue weighted by atomic mass is 32.2. The average molecular weight is 415 g/mol. The SMILES string of the molecule is O=C(/C=C/c1ccc([N+](=O)[O-])cc1)NCc1ccc(S(=O)(=O)N2CCCC2)cc1. The first-order valence-corrected chi connectivity index (χ1v) is 10.6. The number of nitro benzene ring substituents is 1. The van der Waals surface area contributed by atoms with Gasteiger partial charge in [0.2, 0.25) is 15.9 Å². The molecule has 0 aromatic heterocycles. The fourth-order valence-corrected chi connectivity index (χ4v) is 4.50. The minimum Gasteiger partial charge on any atom is -0.348 e. The molecule has 1 amide bonds. The molecule has 2 aromatic carbocycles. The van der Waals surface area contributed by atoms with Crippen molar-refractivity contribution in [3.8, 4) is 0 Å². The standard InChI is InChI=1S/C20H21N3O5S/c24-20(12-7-16-3-8-18(9-4-16)23(25)26)21-15-17-5-10-19(11-6-17)29(27,28)22-13-1-2-14-22/h3-12H,1-2,13-15H2,(H,21,24)/b12-7+. The summed E-state index contributed by atoms with van der Waals surface area (Å²) in [6.45, 7) is 1.37. The lowest BCUT2D eigenvalue weighted by molar-refractivity contribution is -0.384. The van der Waals surface area contributed by atoms with E-state index < -0.39 is 14.9 Å². The van der Waals surface area contributed by atoms with Gasteiger partial charge in [-0.15, -0.1) is 0 Å². The molecule has 29 heavy (non-hydrogen) atoms. The van der Waals surface area contributed by atoms with Crippen LogP contribution in [0.15, 0.2) is 59.5 Å². The van der Waals surface area contributed by atoms with Crippen LogP contribution in [-0.4, -0.2) is 36.6 Å². The number of nitrogens with one attached hydrogen (secondary N) is 1. The lowest BCUT2D eigenvalue weighted by Gasteiger charge is -2.15. The van der Waals surface area contributed by atoms with E-state index in [9.17, 15) is 23.3 Å². The van der Waals surface area contributed by atoms with Gasteiger partial charge in [0.25, 0.3) is 5.69 Å². The van der Waals surface area contributed by atoms with Crippen LogP contribution in [0.25, 0.3) is 6.08 Å². The van der Waals surface area contributed by atoms with E-state index in [-0.39, 0.29) is 23.0 Å². The van der Waals surface area contributed by atoms with E-state index in [0.717, 1.165) is 18.4 Å². The van der Waals surface area contributed by atoms with Gasteiger partial charge < -0.3 is 5.32 Å². The van der Waals surface area contributed by atoms with Crippen LogP contribution in [0.2, 0.25) is 0 Å².